The number of amides is 1. The largest absolute Gasteiger partial charge is 0.333 e. The molecule has 0 spiro atoms. The van der Waals surface area contributed by atoms with Gasteiger partial charge in [0.1, 0.15) is 0 Å². The summed E-state index contributed by atoms with van der Waals surface area (Å²) in [5, 5.41) is 0. The predicted molar refractivity (Wildman–Crippen MR) is 42.7 cm³/mol. The van der Waals surface area contributed by atoms with Crippen molar-refractivity contribution in [2.75, 3.05) is 13.1 Å². The predicted octanol–water partition coefficient (Wildman–Crippen LogP) is 1.50. The van der Waals surface area contributed by atoms with Gasteiger partial charge in [-0.25, -0.2) is 4.39 Å². The summed E-state index contributed by atoms with van der Waals surface area (Å²) in [6.07, 6.45) is 1.55. The minimum atomic E-state index is -0.922. The quantitative estimate of drug-likeness (QED) is 0.447. The van der Waals surface area contributed by atoms with E-state index in [4.69, 9.17) is 0 Å². The van der Waals surface area contributed by atoms with Crippen LogP contribution in [0.3, 0.4) is 0 Å². The highest BCUT2D eigenvalue weighted by Crippen LogP contribution is 1.99. The lowest BCUT2D eigenvalue weighted by atomic mass is 10.4. The fourth-order valence-corrected chi connectivity index (χ4v) is 0.683. The van der Waals surface area contributed by atoms with E-state index in [9.17, 15) is 9.18 Å². The lowest BCUT2D eigenvalue weighted by Gasteiger charge is -2.16. The second-order valence-corrected chi connectivity index (χ2v) is 2.04. The Labute approximate surface area is 66.0 Å². The Morgan fingerprint density at radius 1 is 1.73 bits per heavy atom. The standard InChI is InChI=1S/C8H12FNO/c1-4-6-10(5-2)8(11)7(3)9/h4H,1,3,5-6H2,2H3. The molecular formula is C8H12FNO. The zero-order valence-electron chi connectivity index (χ0n) is 6.64. The molecule has 0 aromatic carbocycles. The van der Waals surface area contributed by atoms with Crippen LogP contribution >= 0.6 is 0 Å². The van der Waals surface area contributed by atoms with Gasteiger partial charge in [-0.3, -0.25) is 4.79 Å². The second kappa shape index (κ2) is 4.66. The van der Waals surface area contributed by atoms with Gasteiger partial charge in [0.25, 0.3) is 5.91 Å². The van der Waals surface area contributed by atoms with Crippen LogP contribution in [0.25, 0.3) is 0 Å². The van der Waals surface area contributed by atoms with Gasteiger partial charge in [-0.2, -0.15) is 0 Å². The Kier molecular flexibility index (Phi) is 4.18. The average molecular weight is 157 g/mol. The molecule has 2 nitrogen and oxygen atoms in total. The number of carbonyl (C=O) groups is 1. The van der Waals surface area contributed by atoms with Crippen molar-refractivity contribution in [3.63, 3.8) is 0 Å². The minimum Gasteiger partial charge on any atom is -0.333 e. The number of rotatable bonds is 4. The third kappa shape index (κ3) is 2.98. The van der Waals surface area contributed by atoms with E-state index in [1.807, 2.05) is 0 Å². The van der Waals surface area contributed by atoms with E-state index < -0.39 is 11.7 Å². The molecule has 0 aliphatic heterocycles. The molecule has 0 heterocycles. The van der Waals surface area contributed by atoms with Crippen LogP contribution in [-0.2, 0) is 4.79 Å². The van der Waals surface area contributed by atoms with Crippen LogP contribution < -0.4 is 0 Å². The summed E-state index contributed by atoms with van der Waals surface area (Å²) >= 11 is 0. The maximum atomic E-state index is 12.2. The summed E-state index contributed by atoms with van der Waals surface area (Å²) in [5.41, 5.74) is 0. The lowest BCUT2D eigenvalue weighted by molar-refractivity contribution is -0.127. The van der Waals surface area contributed by atoms with Gasteiger partial charge in [-0.1, -0.05) is 12.7 Å². The first-order chi connectivity index (χ1) is 5.13. The molecule has 0 fully saturated rings. The number of hydrogen-bond donors (Lipinski definition) is 0. The third-order valence-electron chi connectivity index (χ3n) is 1.25. The van der Waals surface area contributed by atoms with Crippen molar-refractivity contribution in [1.82, 2.24) is 4.90 Å². The third-order valence-corrected chi connectivity index (χ3v) is 1.25. The first-order valence-electron chi connectivity index (χ1n) is 3.38. The van der Waals surface area contributed by atoms with E-state index >= 15 is 0 Å². The van der Waals surface area contributed by atoms with Gasteiger partial charge < -0.3 is 4.90 Å². The van der Waals surface area contributed by atoms with Gasteiger partial charge in [-0.05, 0) is 6.92 Å². The first kappa shape index (κ1) is 9.88. The van der Waals surface area contributed by atoms with Gasteiger partial charge in [0, 0.05) is 13.1 Å². The second-order valence-electron chi connectivity index (χ2n) is 2.04. The highest BCUT2D eigenvalue weighted by atomic mass is 19.1. The molecule has 0 atom stereocenters. The fourth-order valence-electron chi connectivity index (χ4n) is 0.683. The van der Waals surface area contributed by atoms with Crippen molar-refractivity contribution in [3.8, 4) is 0 Å². The number of nitrogens with zero attached hydrogens (tertiary/aromatic N) is 1. The maximum absolute atomic E-state index is 12.2. The molecule has 0 aromatic heterocycles. The summed E-state index contributed by atoms with van der Waals surface area (Å²) < 4.78 is 12.2. The molecule has 0 saturated carbocycles. The van der Waals surface area contributed by atoms with Crippen LogP contribution in [0.2, 0.25) is 0 Å². The maximum Gasteiger partial charge on any atom is 0.282 e. The molecule has 1 amide bonds. The SMILES string of the molecule is C=CCN(CC)C(=O)C(=C)F. The monoisotopic (exact) mass is 157 g/mol. The van der Waals surface area contributed by atoms with E-state index in [-0.39, 0.29) is 0 Å². The Morgan fingerprint density at radius 2 is 2.27 bits per heavy atom. The molecule has 0 aliphatic rings. The molecule has 0 aromatic rings. The summed E-state index contributed by atoms with van der Waals surface area (Å²) in [7, 11) is 0. The molecule has 0 unspecified atom stereocenters. The molecule has 62 valence electrons. The van der Waals surface area contributed by atoms with E-state index in [0.717, 1.165) is 0 Å². The fraction of sp³-hybridized carbons (Fsp3) is 0.375. The first-order valence-corrected chi connectivity index (χ1v) is 3.38. The van der Waals surface area contributed by atoms with Crippen LogP contribution in [0.4, 0.5) is 4.39 Å². The lowest BCUT2D eigenvalue weighted by Crippen LogP contribution is -2.30. The Balaban J connectivity index is 4.13. The highest BCUT2D eigenvalue weighted by molar-refractivity contribution is 5.90. The van der Waals surface area contributed by atoms with Crippen LogP contribution in [0.5, 0.6) is 0 Å². The van der Waals surface area contributed by atoms with E-state index in [2.05, 4.69) is 13.2 Å². The summed E-state index contributed by atoms with van der Waals surface area (Å²) in [6.45, 7) is 8.95. The molecule has 0 bridgehead atoms. The molecule has 0 aliphatic carbocycles. The number of hydrogen-bond acceptors (Lipinski definition) is 1. The molecule has 0 radical (unpaired) electrons. The van der Waals surface area contributed by atoms with Crippen LogP contribution in [0.1, 0.15) is 6.92 Å². The molecule has 11 heavy (non-hydrogen) atoms. The Bertz CT molecular complexity index is 177. The van der Waals surface area contributed by atoms with Crippen molar-refractivity contribution in [2.45, 2.75) is 6.92 Å². The van der Waals surface area contributed by atoms with Gasteiger partial charge in [0.05, 0.1) is 0 Å². The zero-order valence-corrected chi connectivity index (χ0v) is 6.64. The minimum absolute atomic E-state index is 0.359. The van der Waals surface area contributed by atoms with Gasteiger partial charge in [-0.15, -0.1) is 6.58 Å². The molecule has 0 saturated heterocycles. The van der Waals surface area contributed by atoms with E-state index in [0.29, 0.717) is 13.1 Å². The van der Waals surface area contributed by atoms with Gasteiger partial charge in [0.15, 0.2) is 5.83 Å². The number of carbonyl (C=O) groups excluding carboxylic acids is 1. The van der Waals surface area contributed by atoms with E-state index in [1.165, 1.54) is 4.90 Å². The van der Waals surface area contributed by atoms with Crippen LogP contribution in [0.15, 0.2) is 25.1 Å². The van der Waals surface area contributed by atoms with E-state index in [1.54, 1.807) is 13.0 Å². The number of halogens is 1. The molecule has 0 N–H and O–H groups in total. The highest BCUT2D eigenvalue weighted by Gasteiger charge is 2.12. The number of likely N-dealkylation sites (N-methyl/N-ethyl adjacent to an activating group) is 1. The summed E-state index contributed by atoms with van der Waals surface area (Å²) in [5.74, 6) is -1.58. The normalized spacial score (nSPS) is 8.91. The summed E-state index contributed by atoms with van der Waals surface area (Å²) in [4.78, 5) is 12.2. The van der Waals surface area contributed by atoms with Crippen LogP contribution in [0, 0.1) is 0 Å². The van der Waals surface area contributed by atoms with Crippen LogP contribution in [-0.4, -0.2) is 23.9 Å². The molecular weight excluding hydrogens is 145 g/mol. The van der Waals surface area contributed by atoms with Gasteiger partial charge in [0.2, 0.25) is 0 Å². The zero-order chi connectivity index (χ0) is 8.85. The van der Waals surface area contributed by atoms with Crippen molar-refractivity contribution in [3.05, 3.63) is 25.1 Å². The molecule has 0 rings (SSSR count). The Morgan fingerprint density at radius 3 is 2.55 bits per heavy atom. The molecule has 3 heteroatoms. The van der Waals surface area contributed by atoms with Gasteiger partial charge >= 0.3 is 0 Å². The van der Waals surface area contributed by atoms with Crippen molar-refractivity contribution in [1.29, 1.82) is 0 Å². The van der Waals surface area contributed by atoms with Crippen molar-refractivity contribution < 1.29 is 9.18 Å². The summed E-state index contributed by atoms with van der Waals surface area (Å²) in [6, 6.07) is 0. The van der Waals surface area contributed by atoms with Crippen molar-refractivity contribution >= 4 is 5.91 Å². The van der Waals surface area contributed by atoms with Crippen molar-refractivity contribution in [2.24, 2.45) is 0 Å². The topological polar surface area (TPSA) is 20.3 Å². The average Bonchev–Trinajstić information content (AvgIpc) is 1.98. The Hall–Kier alpha value is -1.12. The smallest absolute Gasteiger partial charge is 0.282 e.